The standard InChI is InChI=1S/C22H18BrN5O2/c1-13-6-4-5-7-16(13)28-17(14-8-10-15(23)11-9-14)12-27-18-19(24-21(27)28)25(2)22(30)26(3)20(18)29/h4-12H,1-3H3. The summed E-state index contributed by atoms with van der Waals surface area (Å²) in [6.07, 6.45) is 1.91. The van der Waals surface area contributed by atoms with E-state index in [-0.39, 0.29) is 5.56 Å². The molecule has 0 saturated carbocycles. The number of aryl methyl sites for hydroxylation is 2. The molecule has 5 aromatic rings. The summed E-state index contributed by atoms with van der Waals surface area (Å²) >= 11 is 3.48. The van der Waals surface area contributed by atoms with Crippen LogP contribution in [0.5, 0.6) is 0 Å². The van der Waals surface area contributed by atoms with Crippen LogP contribution in [0.25, 0.3) is 33.9 Å². The van der Waals surface area contributed by atoms with Gasteiger partial charge in [-0.15, -0.1) is 0 Å². The van der Waals surface area contributed by atoms with Gasteiger partial charge in [-0.2, -0.15) is 4.98 Å². The smallest absolute Gasteiger partial charge is 0.279 e. The summed E-state index contributed by atoms with van der Waals surface area (Å²) < 4.78 is 7.31. The molecular weight excluding hydrogens is 446 g/mol. The van der Waals surface area contributed by atoms with E-state index < -0.39 is 5.69 Å². The minimum absolute atomic E-state index is 0.364. The first kappa shape index (κ1) is 18.6. The van der Waals surface area contributed by atoms with Crippen molar-refractivity contribution < 1.29 is 0 Å². The van der Waals surface area contributed by atoms with Crippen LogP contribution in [0.3, 0.4) is 0 Å². The van der Waals surface area contributed by atoms with E-state index in [4.69, 9.17) is 4.98 Å². The van der Waals surface area contributed by atoms with Crippen LogP contribution < -0.4 is 11.2 Å². The molecule has 0 radical (unpaired) electrons. The maximum absolute atomic E-state index is 13.0. The first-order valence-electron chi connectivity index (χ1n) is 9.40. The van der Waals surface area contributed by atoms with Crippen LogP contribution in [0.15, 0.2) is 68.8 Å². The van der Waals surface area contributed by atoms with Gasteiger partial charge in [0, 0.05) is 30.3 Å². The monoisotopic (exact) mass is 463 g/mol. The van der Waals surface area contributed by atoms with Gasteiger partial charge < -0.3 is 0 Å². The average molecular weight is 464 g/mol. The summed E-state index contributed by atoms with van der Waals surface area (Å²) in [5.74, 6) is 0.579. The highest BCUT2D eigenvalue weighted by Gasteiger charge is 2.22. The predicted octanol–water partition coefficient (Wildman–Crippen LogP) is 3.41. The third-order valence-electron chi connectivity index (χ3n) is 5.46. The van der Waals surface area contributed by atoms with Crippen molar-refractivity contribution in [2.45, 2.75) is 6.92 Å². The van der Waals surface area contributed by atoms with Gasteiger partial charge >= 0.3 is 5.69 Å². The lowest BCUT2D eigenvalue weighted by atomic mass is 10.1. The molecule has 8 heteroatoms. The number of hydrogen-bond donors (Lipinski definition) is 0. The molecule has 3 heterocycles. The van der Waals surface area contributed by atoms with Gasteiger partial charge in [0.05, 0.1) is 11.4 Å². The molecule has 0 N–H and O–H groups in total. The fourth-order valence-corrected chi connectivity index (χ4v) is 4.11. The van der Waals surface area contributed by atoms with Crippen molar-refractivity contribution in [2.24, 2.45) is 14.1 Å². The Balaban J connectivity index is 1.99. The first-order valence-corrected chi connectivity index (χ1v) is 10.2. The molecule has 2 aromatic carbocycles. The molecule has 0 saturated heterocycles. The number of hydrogen-bond acceptors (Lipinski definition) is 3. The summed E-state index contributed by atoms with van der Waals surface area (Å²) in [6.45, 7) is 2.04. The van der Waals surface area contributed by atoms with E-state index in [1.165, 1.54) is 11.6 Å². The van der Waals surface area contributed by atoms with Crippen LogP contribution in [0.4, 0.5) is 0 Å². The van der Waals surface area contributed by atoms with Gasteiger partial charge in [-0.05, 0) is 30.7 Å². The SMILES string of the molecule is Cc1ccccc1-n1c(-c2ccc(Br)cc2)cn2c3c(=O)n(C)c(=O)n(C)c3nc12. The Labute approximate surface area is 179 Å². The summed E-state index contributed by atoms with van der Waals surface area (Å²) in [7, 11) is 3.11. The van der Waals surface area contributed by atoms with Crippen LogP contribution in [0, 0.1) is 6.92 Å². The number of benzene rings is 2. The molecule has 7 nitrogen and oxygen atoms in total. The number of fused-ring (bicyclic) bond motifs is 3. The third kappa shape index (κ3) is 2.53. The van der Waals surface area contributed by atoms with E-state index in [2.05, 4.69) is 15.9 Å². The van der Waals surface area contributed by atoms with Gasteiger partial charge in [0.15, 0.2) is 11.2 Å². The first-order chi connectivity index (χ1) is 14.4. The van der Waals surface area contributed by atoms with Crippen LogP contribution in [-0.2, 0) is 14.1 Å². The molecule has 150 valence electrons. The number of rotatable bonds is 2. The number of para-hydroxylation sites is 1. The van der Waals surface area contributed by atoms with Crippen molar-refractivity contribution >= 4 is 32.9 Å². The van der Waals surface area contributed by atoms with Gasteiger partial charge in [0.1, 0.15) is 0 Å². The van der Waals surface area contributed by atoms with Gasteiger partial charge in [0.2, 0.25) is 5.78 Å². The minimum Gasteiger partial charge on any atom is -0.279 e. The fraction of sp³-hybridized carbons (Fsp3) is 0.136. The van der Waals surface area contributed by atoms with Crippen molar-refractivity contribution in [1.29, 1.82) is 0 Å². The summed E-state index contributed by atoms with van der Waals surface area (Å²) in [4.78, 5) is 30.1. The van der Waals surface area contributed by atoms with Crippen molar-refractivity contribution in [3.8, 4) is 16.9 Å². The Morgan fingerprint density at radius 3 is 2.33 bits per heavy atom. The molecule has 0 fully saturated rings. The van der Waals surface area contributed by atoms with E-state index in [0.29, 0.717) is 16.9 Å². The maximum atomic E-state index is 13.0. The molecule has 0 unspecified atom stereocenters. The van der Waals surface area contributed by atoms with Crippen LogP contribution >= 0.6 is 15.9 Å². The highest BCUT2D eigenvalue weighted by Crippen LogP contribution is 2.30. The second kappa shape index (κ2) is 6.56. The van der Waals surface area contributed by atoms with Gasteiger partial charge in [0.25, 0.3) is 5.56 Å². The Morgan fingerprint density at radius 1 is 0.933 bits per heavy atom. The quantitative estimate of drug-likeness (QED) is 0.402. The van der Waals surface area contributed by atoms with Crippen molar-refractivity contribution in [3.05, 3.63) is 85.6 Å². The molecule has 3 aromatic heterocycles. The van der Waals surface area contributed by atoms with Gasteiger partial charge in [-0.25, -0.2) is 4.79 Å². The second-order valence-electron chi connectivity index (χ2n) is 7.30. The molecule has 0 bridgehead atoms. The normalized spacial score (nSPS) is 11.6. The van der Waals surface area contributed by atoms with Crippen LogP contribution in [-0.4, -0.2) is 23.1 Å². The fourth-order valence-electron chi connectivity index (χ4n) is 3.85. The summed E-state index contributed by atoms with van der Waals surface area (Å²) in [6, 6.07) is 16.0. The minimum atomic E-state index is -0.399. The van der Waals surface area contributed by atoms with Crippen LogP contribution in [0.2, 0.25) is 0 Å². The molecule has 30 heavy (non-hydrogen) atoms. The molecule has 0 amide bonds. The topological polar surface area (TPSA) is 66.2 Å². The highest BCUT2D eigenvalue weighted by atomic mass is 79.9. The number of halogens is 1. The Bertz CT molecular complexity index is 1570. The molecular formula is C22H18BrN5O2. The largest absolute Gasteiger partial charge is 0.332 e. The second-order valence-corrected chi connectivity index (χ2v) is 8.22. The van der Waals surface area contributed by atoms with E-state index in [9.17, 15) is 9.59 Å². The van der Waals surface area contributed by atoms with E-state index in [1.54, 1.807) is 11.4 Å². The van der Waals surface area contributed by atoms with Crippen LogP contribution in [0.1, 0.15) is 5.56 Å². The Morgan fingerprint density at radius 2 is 1.63 bits per heavy atom. The Kier molecular flexibility index (Phi) is 4.08. The molecule has 0 aliphatic rings. The zero-order valence-electron chi connectivity index (χ0n) is 16.6. The average Bonchev–Trinajstić information content (AvgIpc) is 3.28. The van der Waals surface area contributed by atoms with Crippen molar-refractivity contribution in [2.75, 3.05) is 0 Å². The number of nitrogens with zero attached hydrogens (tertiary/aromatic N) is 5. The summed E-state index contributed by atoms with van der Waals surface area (Å²) in [5, 5.41) is 0. The lowest BCUT2D eigenvalue weighted by Gasteiger charge is -2.12. The number of aromatic nitrogens is 5. The van der Waals surface area contributed by atoms with Crippen molar-refractivity contribution in [1.82, 2.24) is 23.1 Å². The third-order valence-corrected chi connectivity index (χ3v) is 5.99. The Hall–Kier alpha value is -3.39. The molecule has 0 aliphatic heterocycles. The van der Waals surface area contributed by atoms with Crippen molar-refractivity contribution in [3.63, 3.8) is 0 Å². The van der Waals surface area contributed by atoms with E-state index in [0.717, 1.165) is 31.5 Å². The predicted molar refractivity (Wildman–Crippen MR) is 120 cm³/mol. The number of imidazole rings is 2. The van der Waals surface area contributed by atoms with Gasteiger partial charge in [-0.1, -0.05) is 46.3 Å². The summed E-state index contributed by atoms with van der Waals surface area (Å²) in [5.41, 5.74) is 3.89. The zero-order chi connectivity index (χ0) is 21.2. The van der Waals surface area contributed by atoms with Gasteiger partial charge in [-0.3, -0.25) is 22.9 Å². The molecule has 0 aliphatic carbocycles. The van der Waals surface area contributed by atoms with E-state index in [1.807, 2.05) is 66.2 Å². The highest BCUT2D eigenvalue weighted by molar-refractivity contribution is 9.10. The molecule has 0 spiro atoms. The maximum Gasteiger partial charge on any atom is 0.332 e. The lowest BCUT2D eigenvalue weighted by molar-refractivity contribution is 0.708. The molecule has 5 rings (SSSR count). The van der Waals surface area contributed by atoms with E-state index >= 15 is 0 Å². The molecule has 0 atom stereocenters. The zero-order valence-corrected chi connectivity index (χ0v) is 18.2. The lowest BCUT2D eigenvalue weighted by Crippen LogP contribution is -2.37.